The maximum absolute atomic E-state index is 5.95. The fourth-order valence-corrected chi connectivity index (χ4v) is 4.63. The number of nitrogens with zero attached hydrogens (tertiary/aromatic N) is 2. The van der Waals surface area contributed by atoms with Gasteiger partial charge in [-0.1, -0.05) is 20.8 Å². The minimum absolute atomic E-state index is 0.157. The van der Waals surface area contributed by atoms with Crippen LogP contribution in [0, 0.1) is 5.41 Å². The zero-order chi connectivity index (χ0) is 15.0. The normalized spacial score (nSPS) is 29.3. The van der Waals surface area contributed by atoms with Gasteiger partial charge in [0.15, 0.2) is 0 Å². The topological polar surface area (TPSA) is 37.4 Å². The predicted molar refractivity (Wildman–Crippen MR) is 86.8 cm³/mol. The highest BCUT2D eigenvalue weighted by Gasteiger charge is 2.36. The second kappa shape index (κ2) is 5.95. The first-order valence-electron chi connectivity index (χ1n) is 8.01. The Labute approximate surface area is 131 Å². The molecular formula is C16H27N3OS. The van der Waals surface area contributed by atoms with Gasteiger partial charge >= 0.3 is 0 Å². The molecule has 1 fully saturated rings. The third kappa shape index (κ3) is 3.31. The van der Waals surface area contributed by atoms with Gasteiger partial charge in [0.2, 0.25) is 0 Å². The van der Waals surface area contributed by atoms with Crippen molar-refractivity contribution in [3.8, 4) is 0 Å². The van der Waals surface area contributed by atoms with E-state index in [0.29, 0.717) is 11.5 Å². The minimum Gasteiger partial charge on any atom is -0.368 e. The summed E-state index contributed by atoms with van der Waals surface area (Å²) in [7, 11) is 2.16. The molecule has 1 aliphatic carbocycles. The van der Waals surface area contributed by atoms with Gasteiger partial charge in [0.25, 0.3) is 0 Å². The fraction of sp³-hybridized carbons (Fsp3) is 0.812. The van der Waals surface area contributed by atoms with Crippen LogP contribution in [0.25, 0.3) is 0 Å². The number of rotatable bonds is 3. The van der Waals surface area contributed by atoms with Gasteiger partial charge in [-0.2, -0.15) is 0 Å². The monoisotopic (exact) mass is 309 g/mol. The molecule has 21 heavy (non-hydrogen) atoms. The van der Waals surface area contributed by atoms with E-state index >= 15 is 0 Å². The molecule has 2 heterocycles. The van der Waals surface area contributed by atoms with Crippen molar-refractivity contribution in [3.63, 3.8) is 0 Å². The van der Waals surface area contributed by atoms with Crippen LogP contribution in [0.3, 0.4) is 0 Å². The van der Waals surface area contributed by atoms with Gasteiger partial charge in [0.05, 0.1) is 12.3 Å². The van der Waals surface area contributed by atoms with Gasteiger partial charge in [-0.25, -0.2) is 4.98 Å². The Morgan fingerprint density at radius 2 is 2.29 bits per heavy atom. The first kappa shape index (κ1) is 15.4. The summed E-state index contributed by atoms with van der Waals surface area (Å²) in [6, 6.07) is 0.460. The van der Waals surface area contributed by atoms with E-state index in [4.69, 9.17) is 9.72 Å². The van der Waals surface area contributed by atoms with E-state index in [9.17, 15) is 0 Å². The van der Waals surface area contributed by atoms with Crippen LogP contribution in [0.2, 0.25) is 0 Å². The van der Waals surface area contributed by atoms with E-state index in [2.05, 4.69) is 38.0 Å². The van der Waals surface area contributed by atoms with E-state index < -0.39 is 0 Å². The van der Waals surface area contributed by atoms with Crippen LogP contribution in [-0.4, -0.2) is 43.2 Å². The Morgan fingerprint density at radius 3 is 3.00 bits per heavy atom. The van der Waals surface area contributed by atoms with Crippen LogP contribution < -0.4 is 5.32 Å². The molecule has 0 radical (unpaired) electrons. The Balaban J connectivity index is 1.86. The van der Waals surface area contributed by atoms with Crippen molar-refractivity contribution < 1.29 is 4.74 Å². The summed E-state index contributed by atoms with van der Waals surface area (Å²) < 4.78 is 5.95. The molecule has 2 atom stereocenters. The Hall–Kier alpha value is -0.490. The molecule has 0 spiro atoms. The van der Waals surface area contributed by atoms with E-state index in [0.717, 1.165) is 32.7 Å². The van der Waals surface area contributed by atoms with E-state index in [1.54, 1.807) is 0 Å². The molecule has 1 saturated heterocycles. The van der Waals surface area contributed by atoms with E-state index in [1.807, 2.05) is 11.3 Å². The third-order valence-electron chi connectivity index (χ3n) is 4.46. The van der Waals surface area contributed by atoms with Crippen molar-refractivity contribution in [1.29, 1.82) is 0 Å². The van der Waals surface area contributed by atoms with Crippen LogP contribution in [0.15, 0.2) is 0 Å². The van der Waals surface area contributed by atoms with Crippen LogP contribution in [0.5, 0.6) is 0 Å². The van der Waals surface area contributed by atoms with Crippen molar-refractivity contribution in [2.45, 2.75) is 45.8 Å². The predicted octanol–water partition coefficient (Wildman–Crippen LogP) is 2.77. The van der Waals surface area contributed by atoms with Gasteiger partial charge in [-0.3, -0.25) is 0 Å². The van der Waals surface area contributed by atoms with E-state index in [1.165, 1.54) is 22.0 Å². The molecule has 2 unspecified atom stereocenters. The van der Waals surface area contributed by atoms with Crippen molar-refractivity contribution in [3.05, 3.63) is 15.6 Å². The second-order valence-electron chi connectivity index (χ2n) is 7.14. The van der Waals surface area contributed by atoms with E-state index in [-0.39, 0.29) is 6.10 Å². The van der Waals surface area contributed by atoms with Gasteiger partial charge in [0, 0.05) is 24.0 Å². The number of fused-ring (bicyclic) bond motifs is 1. The third-order valence-corrected chi connectivity index (χ3v) is 5.76. The first-order valence-corrected chi connectivity index (χ1v) is 8.83. The zero-order valence-corrected chi connectivity index (χ0v) is 14.4. The Kier molecular flexibility index (Phi) is 4.37. The van der Waals surface area contributed by atoms with Gasteiger partial charge in [-0.15, -0.1) is 11.3 Å². The molecule has 3 rings (SSSR count). The summed E-state index contributed by atoms with van der Waals surface area (Å²) in [5.74, 6) is 0. The number of thiazole rings is 1. The fourth-order valence-electron chi connectivity index (χ4n) is 3.43. The highest BCUT2D eigenvalue weighted by molar-refractivity contribution is 7.12. The summed E-state index contributed by atoms with van der Waals surface area (Å²) in [4.78, 5) is 8.74. The second-order valence-corrected chi connectivity index (χ2v) is 8.20. The molecular weight excluding hydrogens is 282 g/mol. The molecule has 0 aromatic carbocycles. The SMILES string of the molecule is CCNC1CC(C)(C)Cc2nc(C3CN(C)CCO3)sc21. The quantitative estimate of drug-likeness (QED) is 0.931. The average molecular weight is 309 g/mol. The molecule has 1 aromatic rings. The lowest BCUT2D eigenvalue weighted by molar-refractivity contribution is -0.0210. The molecule has 1 aromatic heterocycles. The van der Waals surface area contributed by atoms with Crippen molar-refractivity contribution in [2.75, 3.05) is 33.3 Å². The number of morpholine rings is 1. The Morgan fingerprint density at radius 1 is 1.48 bits per heavy atom. The smallest absolute Gasteiger partial charge is 0.123 e. The van der Waals surface area contributed by atoms with Gasteiger partial charge in [-0.05, 0) is 31.8 Å². The first-order chi connectivity index (χ1) is 9.98. The lowest BCUT2D eigenvalue weighted by Gasteiger charge is -2.34. The summed E-state index contributed by atoms with van der Waals surface area (Å²) in [5, 5.41) is 4.81. The lowest BCUT2D eigenvalue weighted by atomic mass is 9.76. The van der Waals surface area contributed by atoms with Gasteiger partial charge in [0.1, 0.15) is 11.1 Å². The summed E-state index contributed by atoms with van der Waals surface area (Å²) >= 11 is 1.87. The lowest BCUT2D eigenvalue weighted by Crippen LogP contribution is -2.35. The molecule has 4 nitrogen and oxygen atoms in total. The summed E-state index contributed by atoms with van der Waals surface area (Å²) in [5.41, 5.74) is 1.63. The van der Waals surface area contributed by atoms with Crippen LogP contribution in [0.4, 0.5) is 0 Å². The number of aromatic nitrogens is 1. The number of ether oxygens (including phenoxy) is 1. The average Bonchev–Trinajstić information content (AvgIpc) is 2.81. The number of nitrogens with one attached hydrogen (secondary N) is 1. The molecule has 0 saturated carbocycles. The summed E-state index contributed by atoms with van der Waals surface area (Å²) in [6.45, 7) is 10.7. The molecule has 0 amide bonds. The largest absolute Gasteiger partial charge is 0.368 e. The molecule has 1 aliphatic heterocycles. The maximum atomic E-state index is 5.95. The number of hydrogen-bond acceptors (Lipinski definition) is 5. The Bertz CT molecular complexity index is 500. The molecule has 1 N–H and O–H groups in total. The van der Waals surface area contributed by atoms with Crippen molar-refractivity contribution >= 4 is 11.3 Å². The van der Waals surface area contributed by atoms with Crippen LogP contribution >= 0.6 is 11.3 Å². The van der Waals surface area contributed by atoms with Crippen molar-refractivity contribution in [2.24, 2.45) is 5.41 Å². The summed E-state index contributed by atoms with van der Waals surface area (Å²) in [6.07, 6.45) is 2.44. The maximum Gasteiger partial charge on any atom is 0.123 e. The standard InChI is InChI=1S/C16H27N3OS/c1-5-17-11-8-16(2,3)9-12-14(11)21-15(18-12)13-10-19(4)6-7-20-13/h11,13,17H,5-10H2,1-4H3. The highest BCUT2D eigenvalue weighted by Crippen LogP contribution is 2.44. The number of hydrogen-bond donors (Lipinski definition) is 1. The van der Waals surface area contributed by atoms with Gasteiger partial charge < -0.3 is 15.0 Å². The van der Waals surface area contributed by atoms with Crippen LogP contribution in [-0.2, 0) is 11.2 Å². The molecule has 0 bridgehead atoms. The zero-order valence-electron chi connectivity index (χ0n) is 13.6. The molecule has 118 valence electrons. The molecule has 5 heteroatoms. The number of likely N-dealkylation sites (N-methyl/N-ethyl adjacent to an activating group) is 1. The minimum atomic E-state index is 0.157. The van der Waals surface area contributed by atoms with Crippen LogP contribution in [0.1, 0.15) is 54.9 Å². The van der Waals surface area contributed by atoms with Crippen molar-refractivity contribution in [1.82, 2.24) is 15.2 Å². The molecule has 2 aliphatic rings. The highest BCUT2D eigenvalue weighted by atomic mass is 32.1.